The largest absolute Gasteiger partial charge is 0.497 e. The summed E-state index contributed by atoms with van der Waals surface area (Å²) < 4.78 is 7.02. The number of unbranched alkanes of at least 4 members (excludes halogenated alkanes) is 1. The fourth-order valence-electron chi connectivity index (χ4n) is 3.42. The van der Waals surface area contributed by atoms with E-state index in [4.69, 9.17) is 16.3 Å². The number of nitrogens with zero attached hydrogens (tertiary/aromatic N) is 1. The Morgan fingerprint density at radius 1 is 1.14 bits per heavy atom. The number of carbonyl (C=O) groups excluding carboxylic acids is 2. The van der Waals surface area contributed by atoms with Crippen molar-refractivity contribution in [1.82, 2.24) is 9.88 Å². The number of fused-ring (bicyclic) bond motifs is 1. The van der Waals surface area contributed by atoms with Crippen LogP contribution in [0.25, 0.3) is 10.9 Å². The summed E-state index contributed by atoms with van der Waals surface area (Å²) in [5, 5.41) is 4.37. The third-order valence-corrected chi connectivity index (χ3v) is 5.28. The molecule has 2 aromatic carbocycles. The van der Waals surface area contributed by atoms with Gasteiger partial charge in [0.25, 0.3) is 5.91 Å². The maximum Gasteiger partial charge on any atom is 0.262 e. The Kier molecular flexibility index (Phi) is 6.60. The maximum atomic E-state index is 13.2. The Morgan fingerprint density at radius 2 is 1.86 bits per heavy atom. The fraction of sp³-hybridized carbons (Fsp3) is 0.304. The lowest BCUT2D eigenvalue weighted by Gasteiger charge is -2.08. The van der Waals surface area contributed by atoms with E-state index in [1.54, 1.807) is 35.9 Å². The van der Waals surface area contributed by atoms with Crippen LogP contribution in [0.5, 0.6) is 5.75 Å². The van der Waals surface area contributed by atoms with Crippen LogP contribution in [0.3, 0.4) is 0 Å². The number of hydrogen-bond donors (Lipinski definition) is 1. The second-order valence-corrected chi connectivity index (χ2v) is 7.41. The number of amides is 1. The lowest BCUT2D eigenvalue weighted by molar-refractivity contribution is -0.120. The Bertz CT molecular complexity index is 1040. The molecule has 0 radical (unpaired) electrons. The van der Waals surface area contributed by atoms with Gasteiger partial charge >= 0.3 is 0 Å². The van der Waals surface area contributed by atoms with E-state index in [9.17, 15) is 9.59 Å². The molecule has 3 rings (SSSR count). The highest BCUT2D eigenvalue weighted by molar-refractivity contribution is 6.30. The number of halogens is 1. The minimum Gasteiger partial charge on any atom is -0.497 e. The zero-order valence-corrected chi connectivity index (χ0v) is 17.7. The molecule has 0 spiro atoms. The van der Waals surface area contributed by atoms with Crippen molar-refractivity contribution in [3.63, 3.8) is 0 Å². The van der Waals surface area contributed by atoms with E-state index in [1.165, 1.54) is 0 Å². The highest BCUT2D eigenvalue weighted by atomic mass is 35.5. The van der Waals surface area contributed by atoms with E-state index in [2.05, 4.69) is 12.2 Å². The summed E-state index contributed by atoms with van der Waals surface area (Å²) in [7, 11) is 1.60. The van der Waals surface area contributed by atoms with Crippen LogP contribution >= 0.6 is 11.6 Å². The van der Waals surface area contributed by atoms with Crippen molar-refractivity contribution < 1.29 is 14.3 Å². The van der Waals surface area contributed by atoms with Gasteiger partial charge in [-0.2, -0.15) is 0 Å². The molecule has 0 saturated heterocycles. The highest BCUT2D eigenvalue weighted by Crippen LogP contribution is 2.30. The number of nitrogens with one attached hydrogen (secondary N) is 1. The summed E-state index contributed by atoms with van der Waals surface area (Å²) in [6.07, 6.45) is 2.17. The van der Waals surface area contributed by atoms with E-state index in [0.717, 1.165) is 35.0 Å². The lowest BCUT2D eigenvalue weighted by atomic mass is 10.1. The molecule has 152 valence electrons. The van der Waals surface area contributed by atoms with E-state index in [-0.39, 0.29) is 18.2 Å². The minimum atomic E-state index is -0.160. The fourth-order valence-corrected chi connectivity index (χ4v) is 3.55. The van der Waals surface area contributed by atoms with Gasteiger partial charge < -0.3 is 10.1 Å². The van der Waals surface area contributed by atoms with Crippen LogP contribution in [0.1, 0.15) is 41.4 Å². The first-order valence-electron chi connectivity index (χ1n) is 9.71. The zero-order chi connectivity index (χ0) is 21.0. The van der Waals surface area contributed by atoms with E-state index in [0.29, 0.717) is 22.9 Å². The molecule has 1 N–H and O–H groups in total. The quantitative estimate of drug-likeness (QED) is 0.569. The average molecular weight is 413 g/mol. The summed E-state index contributed by atoms with van der Waals surface area (Å²) in [4.78, 5) is 25.7. The van der Waals surface area contributed by atoms with Gasteiger partial charge in [0.05, 0.1) is 19.0 Å². The first-order chi connectivity index (χ1) is 14.0. The molecule has 29 heavy (non-hydrogen) atoms. The van der Waals surface area contributed by atoms with Crippen molar-refractivity contribution in [2.24, 2.45) is 0 Å². The normalized spacial score (nSPS) is 10.9. The van der Waals surface area contributed by atoms with Gasteiger partial charge in [0.1, 0.15) is 5.75 Å². The van der Waals surface area contributed by atoms with Crippen LogP contribution in [0.4, 0.5) is 0 Å². The number of aromatic nitrogens is 1. The summed E-state index contributed by atoms with van der Waals surface area (Å²) in [5.41, 5.74) is 2.86. The molecule has 0 atom stereocenters. The molecule has 0 aliphatic rings. The molecule has 1 heterocycles. The van der Waals surface area contributed by atoms with Gasteiger partial charge in [-0.15, -0.1) is 0 Å². The smallest absolute Gasteiger partial charge is 0.262 e. The van der Waals surface area contributed by atoms with Gasteiger partial charge in [0.15, 0.2) is 0 Å². The number of hydrogen-bond acceptors (Lipinski definition) is 3. The monoisotopic (exact) mass is 412 g/mol. The molecule has 6 heteroatoms. The predicted molar refractivity (Wildman–Crippen MR) is 116 cm³/mol. The maximum absolute atomic E-state index is 13.2. The second-order valence-electron chi connectivity index (χ2n) is 6.97. The van der Waals surface area contributed by atoms with Crippen LogP contribution in [0.15, 0.2) is 42.5 Å². The Morgan fingerprint density at radius 3 is 2.52 bits per heavy atom. The molecule has 0 aliphatic carbocycles. The summed E-state index contributed by atoms with van der Waals surface area (Å²) >= 11 is 5.96. The van der Waals surface area contributed by atoms with Gasteiger partial charge in [0, 0.05) is 28.2 Å². The van der Waals surface area contributed by atoms with Crippen molar-refractivity contribution in [3.05, 3.63) is 64.3 Å². The molecular formula is C23H25ClN2O3. The molecule has 1 aromatic heterocycles. The van der Waals surface area contributed by atoms with Crippen LogP contribution in [0.2, 0.25) is 5.02 Å². The molecular weight excluding hydrogens is 388 g/mol. The van der Waals surface area contributed by atoms with Crippen molar-refractivity contribution >= 4 is 34.3 Å². The highest BCUT2D eigenvalue weighted by Gasteiger charge is 2.22. The van der Waals surface area contributed by atoms with Gasteiger partial charge in [-0.3, -0.25) is 14.2 Å². The number of rotatable bonds is 7. The van der Waals surface area contributed by atoms with Crippen LogP contribution < -0.4 is 10.1 Å². The second kappa shape index (κ2) is 9.14. The van der Waals surface area contributed by atoms with Crippen LogP contribution in [-0.4, -0.2) is 30.0 Å². The zero-order valence-electron chi connectivity index (χ0n) is 16.9. The van der Waals surface area contributed by atoms with Gasteiger partial charge in [0.2, 0.25) is 5.91 Å². The minimum absolute atomic E-state index is 0.0534. The topological polar surface area (TPSA) is 60.3 Å². The first-order valence-corrected chi connectivity index (χ1v) is 10.1. The molecule has 0 aliphatic heterocycles. The Balaban J connectivity index is 2.06. The van der Waals surface area contributed by atoms with E-state index < -0.39 is 0 Å². The third kappa shape index (κ3) is 4.46. The molecule has 0 fully saturated rings. The van der Waals surface area contributed by atoms with Crippen LogP contribution in [0, 0.1) is 6.92 Å². The molecule has 0 unspecified atom stereocenters. The summed E-state index contributed by atoms with van der Waals surface area (Å²) in [6.45, 7) is 4.60. The van der Waals surface area contributed by atoms with Gasteiger partial charge in [-0.1, -0.05) is 24.9 Å². The van der Waals surface area contributed by atoms with Crippen LogP contribution in [-0.2, 0) is 11.2 Å². The Hall–Kier alpha value is -2.79. The SMILES string of the molecule is CCCCNC(=O)Cc1c(C)n(C(=O)c2ccc(Cl)cc2)c2ccc(OC)cc12. The van der Waals surface area contributed by atoms with Crippen molar-refractivity contribution in [3.8, 4) is 5.75 Å². The van der Waals surface area contributed by atoms with Gasteiger partial charge in [-0.25, -0.2) is 0 Å². The van der Waals surface area contributed by atoms with E-state index in [1.807, 2.05) is 25.1 Å². The molecule has 0 bridgehead atoms. The van der Waals surface area contributed by atoms with Crippen molar-refractivity contribution in [2.75, 3.05) is 13.7 Å². The molecule has 0 saturated carbocycles. The molecule has 1 amide bonds. The first kappa shape index (κ1) is 20.9. The predicted octanol–water partition coefficient (Wildman–Crippen LogP) is 4.76. The lowest BCUT2D eigenvalue weighted by Crippen LogP contribution is -2.26. The number of methoxy groups -OCH3 is 1. The summed E-state index contributed by atoms with van der Waals surface area (Å²) in [5.74, 6) is 0.468. The van der Waals surface area contributed by atoms with Crippen molar-refractivity contribution in [1.29, 1.82) is 0 Å². The Labute approximate surface area is 175 Å². The number of benzene rings is 2. The van der Waals surface area contributed by atoms with E-state index >= 15 is 0 Å². The standard InChI is InChI=1S/C23H25ClN2O3/c1-4-5-12-25-22(27)14-19-15(2)26(21-11-10-18(29-3)13-20(19)21)23(28)16-6-8-17(24)9-7-16/h6-11,13H,4-5,12,14H2,1-3H3,(H,25,27). The number of ether oxygens (including phenoxy) is 1. The molecule has 5 nitrogen and oxygen atoms in total. The summed E-state index contributed by atoms with van der Waals surface area (Å²) in [6, 6.07) is 12.4. The average Bonchev–Trinajstić information content (AvgIpc) is 2.99. The third-order valence-electron chi connectivity index (χ3n) is 5.03. The van der Waals surface area contributed by atoms with Crippen molar-refractivity contribution in [2.45, 2.75) is 33.1 Å². The molecule has 3 aromatic rings. The van der Waals surface area contributed by atoms with Gasteiger partial charge in [-0.05, 0) is 61.4 Å². The number of carbonyl (C=O) groups is 2.